The zero-order chi connectivity index (χ0) is 26.6. The number of para-hydroxylation sites is 3. The highest BCUT2D eigenvalue weighted by molar-refractivity contribution is 6.24. The Bertz CT molecular complexity index is 1300. The number of amides is 2. The van der Waals surface area contributed by atoms with Crippen LogP contribution in [0.1, 0.15) is 38.3 Å². The van der Waals surface area contributed by atoms with Crippen molar-refractivity contribution in [2.45, 2.75) is 38.8 Å². The number of hydrogen-bond acceptors (Lipinski definition) is 7. The van der Waals surface area contributed by atoms with Crippen LogP contribution < -0.4 is 24.2 Å². The van der Waals surface area contributed by atoms with Crippen LogP contribution >= 0.6 is 0 Å². The molecule has 198 valence electrons. The van der Waals surface area contributed by atoms with Crippen LogP contribution in [0.15, 0.2) is 72.8 Å². The van der Waals surface area contributed by atoms with Gasteiger partial charge in [-0.15, -0.1) is 0 Å². The first kappa shape index (κ1) is 25.6. The summed E-state index contributed by atoms with van der Waals surface area (Å²) in [6.07, 6.45) is 0.977. The molecule has 0 aliphatic carbocycles. The third kappa shape index (κ3) is 4.56. The summed E-state index contributed by atoms with van der Waals surface area (Å²) in [6.45, 7) is 4.96. The monoisotopic (exact) mass is 516 g/mol. The van der Waals surface area contributed by atoms with Crippen LogP contribution in [-0.4, -0.2) is 38.2 Å². The van der Waals surface area contributed by atoms with Gasteiger partial charge in [-0.05, 0) is 55.3 Å². The van der Waals surface area contributed by atoms with E-state index in [1.165, 1.54) is 4.90 Å². The van der Waals surface area contributed by atoms with Gasteiger partial charge in [0.2, 0.25) is 5.91 Å². The van der Waals surface area contributed by atoms with E-state index in [1.807, 2.05) is 61.5 Å². The molecule has 3 aromatic rings. The van der Waals surface area contributed by atoms with Gasteiger partial charge in [-0.1, -0.05) is 49.7 Å². The summed E-state index contributed by atoms with van der Waals surface area (Å²) in [5.41, 5.74) is 1.95. The molecule has 0 N–H and O–H groups in total. The second-order valence-corrected chi connectivity index (χ2v) is 9.18. The van der Waals surface area contributed by atoms with Crippen LogP contribution in [0, 0.1) is 5.92 Å². The Labute approximate surface area is 222 Å². The highest BCUT2D eigenvalue weighted by atomic mass is 16.7. The zero-order valence-corrected chi connectivity index (χ0v) is 21.8. The van der Waals surface area contributed by atoms with Crippen LogP contribution in [0.3, 0.4) is 0 Å². The van der Waals surface area contributed by atoms with Crippen molar-refractivity contribution < 1.29 is 28.6 Å². The maximum Gasteiger partial charge on any atom is 0.266 e. The summed E-state index contributed by atoms with van der Waals surface area (Å²) in [6, 6.07) is 21.6. The normalized spacial score (nSPS) is 20.6. The van der Waals surface area contributed by atoms with Crippen molar-refractivity contribution in [1.82, 2.24) is 0 Å². The molecule has 0 bridgehead atoms. The summed E-state index contributed by atoms with van der Waals surface area (Å²) in [5.74, 6) is 0.148. The molecule has 5 rings (SSSR count). The summed E-state index contributed by atoms with van der Waals surface area (Å²) in [4.78, 5) is 35.2. The van der Waals surface area contributed by atoms with Crippen LogP contribution in [0.25, 0.3) is 0 Å². The van der Waals surface area contributed by atoms with Gasteiger partial charge in [0.15, 0.2) is 17.6 Å². The van der Waals surface area contributed by atoms with Crippen LogP contribution in [0.2, 0.25) is 0 Å². The number of hydroxylamine groups is 1. The van der Waals surface area contributed by atoms with Gasteiger partial charge in [-0.25, -0.2) is 9.96 Å². The lowest BCUT2D eigenvalue weighted by molar-refractivity contribution is -0.126. The minimum Gasteiger partial charge on any atom is -0.493 e. The highest BCUT2D eigenvalue weighted by Gasteiger charge is 2.60. The first-order valence-corrected chi connectivity index (χ1v) is 13.0. The second kappa shape index (κ2) is 11.1. The van der Waals surface area contributed by atoms with E-state index in [-0.39, 0.29) is 5.91 Å². The van der Waals surface area contributed by atoms with Gasteiger partial charge < -0.3 is 14.2 Å². The number of carbonyl (C=O) groups is 2. The number of benzene rings is 3. The predicted molar refractivity (Wildman–Crippen MR) is 144 cm³/mol. The van der Waals surface area contributed by atoms with Crippen molar-refractivity contribution in [2.75, 3.05) is 30.3 Å². The van der Waals surface area contributed by atoms with Crippen LogP contribution in [0.5, 0.6) is 17.2 Å². The Morgan fingerprint density at radius 2 is 1.61 bits per heavy atom. The molecule has 8 heteroatoms. The van der Waals surface area contributed by atoms with Gasteiger partial charge in [0.25, 0.3) is 5.91 Å². The van der Waals surface area contributed by atoms with Crippen LogP contribution in [0.4, 0.5) is 11.4 Å². The maximum absolute atomic E-state index is 14.0. The number of methoxy groups -OCH3 is 1. The predicted octanol–water partition coefficient (Wildman–Crippen LogP) is 5.32. The summed E-state index contributed by atoms with van der Waals surface area (Å²) in [7, 11) is 1.59. The van der Waals surface area contributed by atoms with Gasteiger partial charge in [0.1, 0.15) is 11.7 Å². The Morgan fingerprint density at radius 3 is 2.34 bits per heavy atom. The molecule has 2 heterocycles. The Morgan fingerprint density at radius 1 is 0.842 bits per heavy atom. The van der Waals surface area contributed by atoms with Gasteiger partial charge in [-0.3, -0.25) is 14.4 Å². The molecular formula is C30H32N2O6. The maximum atomic E-state index is 14.0. The van der Waals surface area contributed by atoms with Gasteiger partial charge >= 0.3 is 0 Å². The molecule has 3 atom stereocenters. The fourth-order valence-corrected chi connectivity index (χ4v) is 5.02. The Kier molecular flexibility index (Phi) is 7.51. The van der Waals surface area contributed by atoms with E-state index in [0.29, 0.717) is 36.1 Å². The number of imide groups is 1. The largest absolute Gasteiger partial charge is 0.493 e. The second-order valence-electron chi connectivity index (χ2n) is 9.18. The van der Waals surface area contributed by atoms with Crippen LogP contribution in [-0.2, 0) is 14.4 Å². The molecule has 0 saturated carbocycles. The number of unbranched alkanes of at least 4 members (excludes halogenated alkanes) is 1. The molecule has 2 amide bonds. The lowest BCUT2D eigenvalue weighted by atomic mass is 9.90. The van der Waals surface area contributed by atoms with E-state index in [9.17, 15) is 9.59 Å². The molecule has 38 heavy (non-hydrogen) atoms. The quantitative estimate of drug-likeness (QED) is 0.266. The summed E-state index contributed by atoms with van der Waals surface area (Å²) >= 11 is 0. The smallest absolute Gasteiger partial charge is 0.266 e. The lowest BCUT2D eigenvalue weighted by Crippen LogP contribution is -2.37. The van der Waals surface area contributed by atoms with Crippen molar-refractivity contribution in [3.8, 4) is 17.2 Å². The van der Waals surface area contributed by atoms with Crippen molar-refractivity contribution in [3.05, 3.63) is 78.4 Å². The average Bonchev–Trinajstić information content (AvgIpc) is 3.45. The van der Waals surface area contributed by atoms with E-state index in [4.69, 9.17) is 19.0 Å². The number of hydrogen-bond donors (Lipinski definition) is 0. The van der Waals surface area contributed by atoms with E-state index >= 15 is 0 Å². The minimum absolute atomic E-state index is 0.335. The van der Waals surface area contributed by atoms with Crippen molar-refractivity contribution in [2.24, 2.45) is 5.92 Å². The summed E-state index contributed by atoms with van der Waals surface area (Å²) < 4.78 is 17.3. The SMILES string of the molecule is CCCCOc1ccc([C@H]2[C@H]3C(=O)N(c4ccccc4OCC)C(=O)[C@H]3ON2c2ccccc2)cc1OC. The van der Waals surface area contributed by atoms with Crippen molar-refractivity contribution in [1.29, 1.82) is 0 Å². The number of nitrogens with zero attached hydrogens (tertiary/aromatic N) is 2. The third-order valence-electron chi connectivity index (χ3n) is 6.82. The number of fused-ring (bicyclic) bond motifs is 1. The van der Waals surface area contributed by atoms with E-state index < -0.39 is 24.0 Å². The highest BCUT2D eigenvalue weighted by Crippen LogP contribution is 2.49. The minimum atomic E-state index is -0.978. The molecule has 8 nitrogen and oxygen atoms in total. The van der Waals surface area contributed by atoms with Gasteiger partial charge in [-0.2, -0.15) is 0 Å². The fraction of sp³-hybridized carbons (Fsp3) is 0.333. The molecule has 2 fully saturated rings. The first-order chi connectivity index (χ1) is 18.6. The molecule has 2 saturated heterocycles. The van der Waals surface area contributed by atoms with Crippen molar-refractivity contribution >= 4 is 23.2 Å². The third-order valence-corrected chi connectivity index (χ3v) is 6.82. The molecule has 2 aliphatic heterocycles. The van der Waals surface area contributed by atoms with Crippen molar-refractivity contribution in [3.63, 3.8) is 0 Å². The topological polar surface area (TPSA) is 77.5 Å². The Balaban J connectivity index is 1.55. The lowest BCUT2D eigenvalue weighted by Gasteiger charge is -2.29. The zero-order valence-electron chi connectivity index (χ0n) is 21.8. The molecule has 0 spiro atoms. The first-order valence-electron chi connectivity index (χ1n) is 13.0. The molecule has 0 aromatic heterocycles. The van der Waals surface area contributed by atoms with E-state index in [2.05, 4.69) is 6.92 Å². The van der Waals surface area contributed by atoms with E-state index in [1.54, 1.807) is 30.4 Å². The average molecular weight is 517 g/mol. The number of ether oxygens (including phenoxy) is 3. The molecular weight excluding hydrogens is 484 g/mol. The number of anilines is 2. The van der Waals surface area contributed by atoms with Gasteiger partial charge in [0.05, 0.1) is 37.7 Å². The number of rotatable bonds is 10. The van der Waals surface area contributed by atoms with Gasteiger partial charge in [0, 0.05) is 0 Å². The standard InChI is InChI=1S/C30H32N2O6/c1-4-6-18-37-24-17-16-20(19-25(24)35-3)27-26-28(38-32(27)21-12-8-7-9-13-21)30(34)31(29(26)33)22-14-10-11-15-23(22)36-5-2/h7-17,19,26-28H,4-6,18H2,1-3H3/t26-,27+,28+/m1/s1. The molecule has 0 radical (unpaired) electrons. The number of carbonyl (C=O) groups excluding carboxylic acids is 2. The molecule has 3 aromatic carbocycles. The molecule has 0 unspecified atom stereocenters. The summed E-state index contributed by atoms with van der Waals surface area (Å²) in [5, 5.41) is 1.67. The molecule has 2 aliphatic rings. The Hall–Kier alpha value is -4.04. The van der Waals surface area contributed by atoms with E-state index in [0.717, 1.165) is 24.1 Å². The fourth-order valence-electron chi connectivity index (χ4n) is 5.02.